The molecular formula is C18H18N4O3. The smallest absolute Gasteiger partial charge is 0.255 e. The zero-order chi connectivity index (χ0) is 17.2. The molecule has 1 saturated heterocycles. The van der Waals surface area contributed by atoms with Gasteiger partial charge in [0.25, 0.3) is 5.91 Å². The summed E-state index contributed by atoms with van der Waals surface area (Å²) in [6.07, 6.45) is 0. The summed E-state index contributed by atoms with van der Waals surface area (Å²) in [5.74, 6) is -0.188. The van der Waals surface area contributed by atoms with Gasteiger partial charge in [0, 0.05) is 18.7 Å². The molecule has 7 nitrogen and oxygen atoms in total. The number of carbonyl (C=O) groups excluding carboxylic acids is 1. The quantitative estimate of drug-likeness (QED) is 0.791. The van der Waals surface area contributed by atoms with Gasteiger partial charge in [-0.25, -0.2) is 4.63 Å². The van der Waals surface area contributed by atoms with Gasteiger partial charge in [-0.2, -0.15) is 0 Å². The number of nitrogens with one attached hydrogen (secondary N) is 1. The van der Waals surface area contributed by atoms with Crippen molar-refractivity contribution in [3.05, 3.63) is 47.5 Å². The Balaban J connectivity index is 1.65. The molecule has 1 fully saturated rings. The number of amides is 1. The Morgan fingerprint density at radius 3 is 2.72 bits per heavy atom. The summed E-state index contributed by atoms with van der Waals surface area (Å²) in [5.41, 5.74) is 4.34. The Kier molecular flexibility index (Phi) is 4.07. The second-order valence-corrected chi connectivity index (χ2v) is 6.02. The number of fused-ring (bicyclic) bond motifs is 1. The number of aryl methyl sites for hydroxylation is 1. The van der Waals surface area contributed by atoms with E-state index in [4.69, 9.17) is 9.37 Å². The number of carbonyl (C=O) groups is 1. The first kappa shape index (κ1) is 15.6. The molecule has 1 amide bonds. The summed E-state index contributed by atoms with van der Waals surface area (Å²) in [6, 6.07) is 11.2. The molecule has 1 aliphatic heterocycles. The number of ether oxygens (including phenoxy) is 1. The normalized spacial score (nSPS) is 14.7. The van der Waals surface area contributed by atoms with Crippen molar-refractivity contribution in [2.75, 3.05) is 36.5 Å². The van der Waals surface area contributed by atoms with Crippen LogP contribution in [0.2, 0.25) is 0 Å². The van der Waals surface area contributed by atoms with Crippen LogP contribution in [0.15, 0.2) is 41.0 Å². The van der Waals surface area contributed by atoms with Crippen molar-refractivity contribution in [3.8, 4) is 0 Å². The lowest BCUT2D eigenvalue weighted by Gasteiger charge is -2.28. The molecule has 1 aromatic heterocycles. The molecular weight excluding hydrogens is 320 g/mol. The summed E-state index contributed by atoms with van der Waals surface area (Å²) in [6.45, 7) is 4.89. The molecule has 2 heterocycles. The van der Waals surface area contributed by atoms with Gasteiger partial charge in [0.15, 0.2) is 11.0 Å². The third-order valence-electron chi connectivity index (χ3n) is 4.27. The fourth-order valence-electron chi connectivity index (χ4n) is 2.99. The lowest BCUT2D eigenvalue weighted by atomic mass is 10.1. The molecule has 7 heteroatoms. The van der Waals surface area contributed by atoms with Gasteiger partial charge >= 0.3 is 0 Å². The van der Waals surface area contributed by atoms with Crippen LogP contribution in [0.25, 0.3) is 11.0 Å². The number of anilines is 2. The van der Waals surface area contributed by atoms with E-state index in [2.05, 4.69) is 20.5 Å². The molecule has 25 heavy (non-hydrogen) atoms. The van der Waals surface area contributed by atoms with E-state index >= 15 is 0 Å². The van der Waals surface area contributed by atoms with Crippen molar-refractivity contribution in [3.63, 3.8) is 0 Å². The predicted octanol–water partition coefficient (Wildman–Crippen LogP) is 2.62. The fraction of sp³-hybridized carbons (Fsp3) is 0.278. The van der Waals surface area contributed by atoms with Gasteiger partial charge in [0.1, 0.15) is 0 Å². The third-order valence-corrected chi connectivity index (χ3v) is 4.27. The highest BCUT2D eigenvalue weighted by Gasteiger charge is 2.19. The molecule has 128 valence electrons. The highest BCUT2D eigenvalue weighted by molar-refractivity contribution is 6.09. The van der Waals surface area contributed by atoms with Crippen LogP contribution in [0.4, 0.5) is 11.4 Å². The monoisotopic (exact) mass is 338 g/mol. The average molecular weight is 338 g/mol. The average Bonchev–Trinajstić information content (AvgIpc) is 3.13. The Bertz CT molecular complexity index is 916. The number of morpholine rings is 1. The molecule has 0 unspecified atom stereocenters. The van der Waals surface area contributed by atoms with E-state index in [0.29, 0.717) is 35.5 Å². The highest BCUT2D eigenvalue weighted by atomic mass is 16.6. The number of hydrogen-bond donors (Lipinski definition) is 1. The SMILES string of the molecule is Cc1cccc(C(=O)Nc2ccc(N3CCOCC3)c3nonc23)c1. The van der Waals surface area contributed by atoms with Crippen LogP contribution >= 0.6 is 0 Å². The van der Waals surface area contributed by atoms with E-state index in [1.54, 1.807) is 6.07 Å². The highest BCUT2D eigenvalue weighted by Crippen LogP contribution is 2.30. The van der Waals surface area contributed by atoms with E-state index in [9.17, 15) is 4.79 Å². The first-order chi connectivity index (χ1) is 12.2. The van der Waals surface area contributed by atoms with Gasteiger partial charge in [-0.05, 0) is 41.5 Å². The summed E-state index contributed by atoms with van der Waals surface area (Å²) in [4.78, 5) is 14.7. The number of aromatic nitrogens is 2. The lowest BCUT2D eigenvalue weighted by molar-refractivity contribution is 0.102. The van der Waals surface area contributed by atoms with Crippen molar-refractivity contribution >= 4 is 28.3 Å². The molecule has 0 spiro atoms. The second kappa shape index (κ2) is 6.52. The first-order valence-electron chi connectivity index (χ1n) is 8.18. The first-order valence-corrected chi connectivity index (χ1v) is 8.18. The molecule has 0 saturated carbocycles. The lowest BCUT2D eigenvalue weighted by Crippen LogP contribution is -2.36. The van der Waals surface area contributed by atoms with Crippen molar-refractivity contribution in [2.24, 2.45) is 0 Å². The molecule has 0 bridgehead atoms. The van der Waals surface area contributed by atoms with E-state index in [0.717, 1.165) is 24.3 Å². The molecule has 0 aliphatic carbocycles. The Hall–Kier alpha value is -2.93. The van der Waals surface area contributed by atoms with Gasteiger partial charge in [-0.3, -0.25) is 4.79 Å². The van der Waals surface area contributed by atoms with Gasteiger partial charge in [-0.15, -0.1) is 0 Å². The molecule has 4 rings (SSSR count). The van der Waals surface area contributed by atoms with Gasteiger partial charge in [0.05, 0.1) is 24.6 Å². The topological polar surface area (TPSA) is 80.5 Å². The maximum absolute atomic E-state index is 12.5. The molecule has 1 N–H and O–H groups in total. The van der Waals surface area contributed by atoms with Crippen molar-refractivity contribution in [2.45, 2.75) is 6.92 Å². The minimum Gasteiger partial charge on any atom is -0.378 e. The Morgan fingerprint density at radius 2 is 1.92 bits per heavy atom. The number of benzene rings is 2. The molecule has 3 aromatic rings. The van der Waals surface area contributed by atoms with Crippen LogP contribution in [0.5, 0.6) is 0 Å². The molecule has 0 radical (unpaired) electrons. The summed E-state index contributed by atoms with van der Waals surface area (Å²) in [5, 5.41) is 10.9. The minimum atomic E-state index is -0.188. The summed E-state index contributed by atoms with van der Waals surface area (Å²) < 4.78 is 10.3. The maximum Gasteiger partial charge on any atom is 0.255 e. The predicted molar refractivity (Wildman–Crippen MR) is 94.0 cm³/mol. The zero-order valence-electron chi connectivity index (χ0n) is 13.9. The Morgan fingerprint density at radius 1 is 1.12 bits per heavy atom. The number of nitrogens with zero attached hydrogens (tertiary/aromatic N) is 3. The van der Waals surface area contributed by atoms with Crippen LogP contribution in [-0.2, 0) is 4.74 Å². The third kappa shape index (κ3) is 3.06. The van der Waals surface area contributed by atoms with Crippen molar-refractivity contribution in [1.82, 2.24) is 10.3 Å². The Labute approximate surface area is 144 Å². The largest absolute Gasteiger partial charge is 0.378 e. The van der Waals surface area contributed by atoms with Crippen LogP contribution in [0, 0.1) is 6.92 Å². The standard InChI is InChI=1S/C18H18N4O3/c1-12-3-2-4-13(11-12)18(23)19-14-5-6-15(17-16(14)20-25-21-17)22-7-9-24-10-8-22/h2-6,11H,7-10H2,1H3,(H,19,23). The van der Waals surface area contributed by atoms with E-state index < -0.39 is 0 Å². The molecule has 0 atom stereocenters. The van der Waals surface area contributed by atoms with Crippen LogP contribution in [-0.4, -0.2) is 42.5 Å². The zero-order valence-corrected chi connectivity index (χ0v) is 13.9. The summed E-state index contributed by atoms with van der Waals surface area (Å²) in [7, 11) is 0. The maximum atomic E-state index is 12.5. The fourth-order valence-corrected chi connectivity index (χ4v) is 2.99. The van der Waals surface area contributed by atoms with Gasteiger partial charge in [0.2, 0.25) is 0 Å². The summed E-state index contributed by atoms with van der Waals surface area (Å²) >= 11 is 0. The van der Waals surface area contributed by atoms with E-state index in [1.807, 2.05) is 37.3 Å². The van der Waals surface area contributed by atoms with Crippen molar-refractivity contribution in [1.29, 1.82) is 0 Å². The van der Waals surface area contributed by atoms with Crippen molar-refractivity contribution < 1.29 is 14.2 Å². The van der Waals surface area contributed by atoms with E-state index in [-0.39, 0.29) is 5.91 Å². The van der Waals surface area contributed by atoms with Crippen LogP contribution < -0.4 is 10.2 Å². The van der Waals surface area contributed by atoms with Crippen LogP contribution in [0.3, 0.4) is 0 Å². The number of rotatable bonds is 3. The van der Waals surface area contributed by atoms with Gasteiger partial charge < -0.3 is 15.0 Å². The second-order valence-electron chi connectivity index (χ2n) is 6.02. The van der Waals surface area contributed by atoms with E-state index in [1.165, 1.54) is 0 Å². The molecule has 2 aromatic carbocycles. The van der Waals surface area contributed by atoms with Gasteiger partial charge in [-0.1, -0.05) is 17.7 Å². The number of hydrogen-bond acceptors (Lipinski definition) is 6. The molecule has 1 aliphatic rings. The minimum absolute atomic E-state index is 0.188. The van der Waals surface area contributed by atoms with Crippen LogP contribution in [0.1, 0.15) is 15.9 Å².